The Morgan fingerprint density at radius 1 is 1.25 bits per heavy atom. The molecule has 1 atom stereocenters. The average molecular weight is 360 g/mol. The fraction of sp³-hybridized carbons (Fsp3) is 0.750. The maximum absolute atomic E-state index is 12.5. The molecule has 1 heterocycles. The van der Waals surface area contributed by atoms with Crippen molar-refractivity contribution in [2.75, 3.05) is 5.75 Å². The maximum atomic E-state index is 12.5. The van der Waals surface area contributed by atoms with E-state index in [0.29, 0.717) is 6.42 Å². The molecule has 0 spiro atoms. The fourth-order valence-electron chi connectivity index (χ4n) is 2.20. The molecule has 0 fully saturated rings. The molecule has 0 aliphatic carbocycles. The Morgan fingerprint density at radius 2 is 1.92 bits per heavy atom. The summed E-state index contributed by atoms with van der Waals surface area (Å²) in [4.78, 5) is 24.5. The van der Waals surface area contributed by atoms with Crippen molar-refractivity contribution in [3.05, 3.63) is 12.2 Å². The van der Waals surface area contributed by atoms with E-state index < -0.39 is 33.2 Å². The second kappa shape index (κ2) is 8.00. The van der Waals surface area contributed by atoms with Crippen molar-refractivity contribution < 1.29 is 22.7 Å². The first-order valence-electron chi connectivity index (χ1n) is 8.15. The van der Waals surface area contributed by atoms with Crippen molar-refractivity contribution in [1.29, 1.82) is 0 Å². The molecule has 0 aromatic carbocycles. The number of hydrogen-bond donors (Lipinski definition) is 2. The molecular formula is C16H28N2O5S. The molecular weight excluding hydrogens is 332 g/mol. The van der Waals surface area contributed by atoms with Crippen LogP contribution in [0.4, 0.5) is 4.79 Å². The lowest BCUT2D eigenvalue weighted by atomic mass is 9.96. The van der Waals surface area contributed by atoms with E-state index in [-0.39, 0.29) is 12.2 Å². The number of sulfonamides is 1. The molecule has 0 aromatic rings. The third kappa shape index (κ3) is 7.33. The van der Waals surface area contributed by atoms with Crippen LogP contribution in [0.3, 0.4) is 0 Å². The quantitative estimate of drug-likeness (QED) is 0.698. The van der Waals surface area contributed by atoms with Crippen LogP contribution < -0.4 is 10.0 Å². The fourth-order valence-corrected chi connectivity index (χ4v) is 3.40. The van der Waals surface area contributed by atoms with Crippen molar-refractivity contribution in [2.45, 2.75) is 70.9 Å². The van der Waals surface area contributed by atoms with E-state index >= 15 is 0 Å². The summed E-state index contributed by atoms with van der Waals surface area (Å²) in [5, 5.41) is 2.50. The minimum Gasteiger partial charge on any atom is -0.444 e. The molecule has 24 heavy (non-hydrogen) atoms. The van der Waals surface area contributed by atoms with E-state index in [2.05, 4.69) is 10.0 Å². The molecule has 2 N–H and O–H groups in total. The summed E-state index contributed by atoms with van der Waals surface area (Å²) in [5.74, 6) is -0.871. The lowest BCUT2D eigenvalue weighted by Crippen LogP contribution is -2.58. The number of alkyl carbamates (subject to hydrolysis) is 1. The molecule has 0 saturated heterocycles. The van der Waals surface area contributed by atoms with Gasteiger partial charge in [-0.3, -0.25) is 9.52 Å². The number of carbonyl (C=O) groups excluding carboxylic acids is 2. The monoisotopic (exact) mass is 360 g/mol. The number of hydrogen-bond acceptors (Lipinski definition) is 5. The highest BCUT2D eigenvalue weighted by Crippen LogP contribution is 2.16. The van der Waals surface area contributed by atoms with Gasteiger partial charge < -0.3 is 10.1 Å². The zero-order chi connectivity index (χ0) is 18.4. The van der Waals surface area contributed by atoms with Gasteiger partial charge in [-0.25, -0.2) is 13.2 Å². The summed E-state index contributed by atoms with van der Waals surface area (Å²) in [7, 11) is -3.72. The molecule has 0 unspecified atom stereocenters. The molecule has 138 valence electrons. The zero-order valence-corrected chi connectivity index (χ0v) is 15.7. The Balaban J connectivity index is 2.98. The minimum absolute atomic E-state index is 0.106. The van der Waals surface area contributed by atoms with Gasteiger partial charge >= 0.3 is 6.09 Å². The SMILES string of the molecule is CC(C)(C)OC(=O)N[C@]1(C)C/C=C\CCCCCS(=O)(=O)NC1=O. The summed E-state index contributed by atoms with van der Waals surface area (Å²) >= 11 is 0. The van der Waals surface area contributed by atoms with E-state index in [1.54, 1.807) is 26.8 Å². The number of nitrogens with one attached hydrogen (secondary N) is 2. The molecule has 0 saturated carbocycles. The largest absolute Gasteiger partial charge is 0.444 e. The Labute approximate surface area is 144 Å². The predicted octanol–water partition coefficient (Wildman–Crippen LogP) is 2.24. The van der Waals surface area contributed by atoms with Gasteiger partial charge in [0.1, 0.15) is 11.1 Å². The molecule has 1 rings (SSSR count). The number of ether oxygens (including phenoxy) is 1. The molecule has 0 radical (unpaired) electrons. The standard InChI is InChI=1S/C16H28N2O5S/c1-15(2,3)23-14(20)17-16(4)11-9-7-5-6-8-10-12-24(21,22)18-13(16)19/h7,9H,5-6,8,10-12H2,1-4H3,(H,17,20)(H,18,19)/b9-7-/t16-/m1/s1. The van der Waals surface area contributed by atoms with E-state index in [1.807, 2.05) is 6.08 Å². The lowest BCUT2D eigenvalue weighted by Gasteiger charge is -2.30. The van der Waals surface area contributed by atoms with Crippen LogP contribution in [0.2, 0.25) is 0 Å². The van der Waals surface area contributed by atoms with Crippen LogP contribution in [-0.4, -0.2) is 37.3 Å². The number of allylic oxidation sites excluding steroid dienone is 1. The van der Waals surface area contributed by atoms with Crippen molar-refractivity contribution in [2.24, 2.45) is 0 Å². The zero-order valence-electron chi connectivity index (χ0n) is 14.8. The van der Waals surface area contributed by atoms with Crippen LogP contribution in [-0.2, 0) is 19.6 Å². The molecule has 0 bridgehead atoms. The Kier molecular flexibility index (Phi) is 6.83. The van der Waals surface area contributed by atoms with Gasteiger partial charge in [0.2, 0.25) is 10.0 Å². The van der Waals surface area contributed by atoms with E-state index in [0.717, 1.165) is 19.3 Å². The first-order valence-corrected chi connectivity index (χ1v) is 9.80. The summed E-state index contributed by atoms with van der Waals surface area (Å²) < 4.78 is 31.2. The van der Waals surface area contributed by atoms with Crippen molar-refractivity contribution in [3.8, 4) is 0 Å². The first-order chi connectivity index (χ1) is 10.9. The topological polar surface area (TPSA) is 102 Å². The van der Waals surface area contributed by atoms with Crippen molar-refractivity contribution >= 4 is 22.0 Å². The highest BCUT2D eigenvalue weighted by atomic mass is 32.2. The number of amides is 2. The molecule has 1 aliphatic rings. The maximum Gasteiger partial charge on any atom is 0.408 e. The van der Waals surface area contributed by atoms with Gasteiger partial charge in [0.05, 0.1) is 5.75 Å². The molecule has 0 aromatic heterocycles. The van der Waals surface area contributed by atoms with Crippen LogP contribution in [0.5, 0.6) is 0 Å². The Bertz CT molecular complexity index is 592. The van der Waals surface area contributed by atoms with E-state index in [4.69, 9.17) is 4.74 Å². The van der Waals surface area contributed by atoms with Crippen LogP contribution in [0, 0.1) is 0 Å². The second-order valence-electron chi connectivity index (χ2n) is 7.23. The van der Waals surface area contributed by atoms with Crippen LogP contribution in [0.1, 0.15) is 59.8 Å². The van der Waals surface area contributed by atoms with E-state index in [1.165, 1.54) is 6.92 Å². The summed E-state index contributed by atoms with van der Waals surface area (Å²) in [6.07, 6.45) is 6.11. The average Bonchev–Trinajstić information content (AvgIpc) is 2.37. The highest BCUT2D eigenvalue weighted by Gasteiger charge is 2.37. The van der Waals surface area contributed by atoms with Gasteiger partial charge in [-0.2, -0.15) is 0 Å². The summed E-state index contributed by atoms with van der Waals surface area (Å²) in [5.41, 5.74) is -2.13. The second-order valence-corrected chi connectivity index (χ2v) is 9.08. The Morgan fingerprint density at radius 3 is 2.54 bits per heavy atom. The van der Waals surface area contributed by atoms with Gasteiger partial charge in [0.15, 0.2) is 0 Å². The van der Waals surface area contributed by atoms with Crippen LogP contribution in [0.25, 0.3) is 0 Å². The minimum atomic E-state index is -3.72. The third-order valence-electron chi connectivity index (χ3n) is 3.50. The Hall–Kier alpha value is -1.57. The molecule has 2 amide bonds. The summed E-state index contributed by atoms with van der Waals surface area (Å²) in [6.45, 7) is 6.61. The molecule has 7 nitrogen and oxygen atoms in total. The van der Waals surface area contributed by atoms with Gasteiger partial charge in [0.25, 0.3) is 5.91 Å². The van der Waals surface area contributed by atoms with E-state index in [9.17, 15) is 18.0 Å². The van der Waals surface area contributed by atoms with Crippen molar-refractivity contribution in [3.63, 3.8) is 0 Å². The van der Waals surface area contributed by atoms with Gasteiger partial charge in [-0.15, -0.1) is 0 Å². The van der Waals surface area contributed by atoms with Crippen LogP contribution in [0.15, 0.2) is 12.2 Å². The first kappa shape index (κ1) is 20.5. The van der Waals surface area contributed by atoms with Gasteiger partial charge in [-0.05, 0) is 53.4 Å². The molecule has 8 heteroatoms. The van der Waals surface area contributed by atoms with Gasteiger partial charge in [0, 0.05) is 0 Å². The third-order valence-corrected chi connectivity index (χ3v) is 4.83. The highest BCUT2D eigenvalue weighted by molar-refractivity contribution is 7.90. The smallest absolute Gasteiger partial charge is 0.408 e. The van der Waals surface area contributed by atoms with Gasteiger partial charge in [-0.1, -0.05) is 18.6 Å². The lowest BCUT2D eigenvalue weighted by molar-refractivity contribution is -0.125. The van der Waals surface area contributed by atoms with Crippen LogP contribution >= 0.6 is 0 Å². The van der Waals surface area contributed by atoms with Crippen molar-refractivity contribution in [1.82, 2.24) is 10.0 Å². The normalized spacial score (nSPS) is 27.1. The predicted molar refractivity (Wildman–Crippen MR) is 91.9 cm³/mol. The number of rotatable bonds is 1. The summed E-state index contributed by atoms with van der Waals surface area (Å²) in [6, 6.07) is 0. The number of carbonyl (C=O) groups is 2. The molecule has 1 aliphatic heterocycles.